The molecule has 1 aromatic carbocycles. The fraction of sp³-hybridized carbons (Fsp3) is 0.488. The van der Waals surface area contributed by atoms with Crippen molar-refractivity contribution in [2.45, 2.75) is 76.3 Å². The second-order valence-corrected chi connectivity index (χ2v) is 16.5. The van der Waals surface area contributed by atoms with E-state index in [1.54, 1.807) is 38.3 Å². The number of aromatic nitrogens is 6. The van der Waals surface area contributed by atoms with Crippen LogP contribution in [0, 0.1) is 11.2 Å². The molecule has 1 spiro atoms. The van der Waals surface area contributed by atoms with E-state index in [1.807, 2.05) is 18.3 Å². The van der Waals surface area contributed by atoms with E-state index in [-0.39, 0.29) is 41.6 Å². The molecule has 5 aromatic rings. The maximum absolute atomic E-state index is 15.5. The number of piperidine rings is 3. The number of benzene rings is 1. The summed E-state index contributed by atoms with van der Waals surface area (Å²) >= 11 is 0. The van der Waals surface area contributed by atoms with Crippen LogP contribution in [0.2, 0.25) is 0 Å². The molecule has 57 heavy (non-hydrogen) atoms. The molecule has 1 saturated carbocycles. The summed E-state index contributed by atoms with van der Waals surface area (Å²) in [4.78, 5) is 71.5. The Morgan fingerprint density at radius 2 is 1.61 bits per heavy atom. The van der Waals surface area contributed by atoms with Crippen LogP contribution in [0.15, 0.2) is 47.5 Å². The fourth-order valence-corrected chi connectivity index (χ4v) is 9.65. The minimum Gasteiger partial charge on any atom is -0.370 e. The molecule has 1 aliphatic carbocycles. The number of nitrogens with one attached hydrogen (secondary N) is 2. The molecule has 15 nitrogen and oxygen atoms in total. The normalized spacial score (nSPS) is 20.2. The summed E-state index contributed by atoms with van der Waals surface area (Å²) in [6, 6.07) is 8.34. The highest BCUT2D eigenvalue weighted by Gasteiger charge is 2.39. The van der Waals surface area contributed by atoms with Gasteiger partial charge in [-0.15, -0.1) is 0 Å². The lowest BCUT2D eigenvalue weighted by Crippen LogP contribution is -2.47. The molecule has 3 amide bonds. The maximum atomic E-state index is 15.5. The number of rotatable bonds is 7. The number of fused-ring (bicyclic) bond motifs is 2. The number of halogens is 1. The Morgan fingerprint density at radius 3 is 2.28 bits per heavy atom. The number of pyridine rings is 1. The standard InChI is InChI=1S/C41H48FN11O4/c1-48(2)38(56)31-22-25-23-44-39(47-36(25)52(31)26-6-4-5-7-26)45-32-12-8-27(24-43-32)50-18-14-41(15-19-50)16-20-51(21-17-41)29-10-9-28(42)34-35(29)49(3)40(57)53(34)30-11-13-33(54)46-37(30)55/h8-10,12,22-24,26,30H,4-7,11,13-21H2,1-3H3,(H,46,54,55)(H,43,44,45,47)/t30-/m1/s1. The van der Waals surface area contributed by atoms with Crippen molar-refractivity contribution in [2.75, 3.05) is 55.4 Å². The quantitative estimate of drug-likeness (QED) is 0.215. The summed E-state index contributed by atoms with van der Waals surface area (Å²) in [6.07, 6.45) is 12.3. The number of hydrogen-bond donors (Lipinski definition) is 2. The Bertz CT molecular complexity index is 2450. The number of aryl methyl sites for hydroxylation is 1. The summed E-state index contributed by atoms with van der Waals surface area (Å²) in [5.74, 6) is -0.496. The highest BCUT2D eigenvalue weighted by Crippen LogP contribution is 2.44. The molecule has 1 atom stereocenters. The van der Waals surface area contributed by atoms with Crippen LogP contribution in [0.1, 0.15) is 86.8 Å². The molecule has 298 valence electrons. The summed E-state index contributed by atoms with van der Waals surface area (Å²) in [5.41, 5.74) is 3.53. The SMILES string of the molecule is CN(C)C(=O)c1cc2cnc(Nc3ccc(N4CCC5(CC4)CCN(c4ccc(F)c6c4n(C)c(=O)n6[C@@H]4CCC(=O)NC4=O)CC5)cn3)nc2n1C1CCCC1. The van der Waals surface area contributed by atoms with Gasteiger partial charge in [0.05, 0.1) is 23.1 Å². The summed E-state index contributed by atoms with van der Waals surface area (Å²) in [7, 11) is 5.16. The van der Waals surface area contributed by atoms with Gasteiger partial charge in [0.1, 0.15) is 34.5 Å². The van der Waals surface area contributed by atoms with Gasteiger partial charge in [-0.25, -0.2) is 19.2 Å². The van der Waals surface area contributed by atoms with E-state index in [0.717, 1.165) is 100.0 Å². The van der Waals surface area contributed by atoms with Crippen molar-refractivity contribution in [3.05, 3.63) is 64.7 Å². The first-order valence-corrected chi connectivity index (χ1v) is 20.1. The Kier molecular flexibility index (Phi) is 9.23. The van der Waals surface area contributed by atoms with Crippen LogP contribution >= 0.6 is 0 Å². The topological polar surface area (TPSA) is 156 Å². The summed E-state index contributed by atoms with van der Waals surface area (Å²) in [5, 5.41) is 6.42. The van der Waals surface area contributed by atoms with Gasteiger partial charge >= 0.3 is 5.69 Å². The summed E-state index contributed by atoms with van der Waals surface area (Å²) < 4.78 is 20.2. The van der Waals surface area contributed by atoms with Crippen molar-refractivity contribution in [1.29, 1.82) is 0 Å². The van der Waals surface area contributed by atoms with E-state index in [9.17, 15) is 19.2 Å². The Hall–Kier alpha value is -5.80. The van der Waals surface area contributed by atoms with Gasteiger partial charge in [-0.05, 0) is 80.7 Å². The number of carbonyl (C=O) groups is 3. The van der Waals surface area contributed by atoms with E-state index in [0.29, 0.717) is 23.0 Å². The van der Waals surface area contributed by atoms with E-state index < -0.39 is 23.5 Å². The van der Waals surface area contributed by atoms with E-state index in [1.165, 1.54) is 15.2 Å². The fourth-order valence-electron chi connectivity index (χ4n) is 9.65. The van der Waals surface area contributed by atoms with Gasteiger partial charge < -0.3 is 24.6 Å². The van der Waals surface area contributed by atoms with Gasteiger partial charge in [-0.2, -0.15) is 4.98 Å². The number of amides is 3. The molecule has 16 heteroatoms. The molecule has 4 aliphatic rings. The van der Waals surface area contributed by atoms with Crippen molar-refractivity contribution >= 4 is 62.9 Å². The molecule has 0 unspecified atom stereocenters. The molecule has 3 saturated heterocycles. The van der Waals surface area contributed by atoms with Gasteiger partial charge in [0.15, 0.2) is 0 Å². The second-order valence-electron chi connectivity index (χ2n) is 16.5. The third kappa shape index (κ3) is 6.48. The Labute approximate surface area is 328 Å². The Balaban J connectivity index is 0.853. The minimum absolute atomic E-state index is 0.0398. The molecule has 2 N–H and O–H groups in total. The molecular weight excluding hydrogens is 730 g/mol. The van der Waals surface area contributed by atoms with Crippen LogP contribution in [0.4, 0.5) is 27.5 Å². The van der Waals surface area contributed by atoms with Crippen molar-refractivity contribution in [3.63, 3.8) is 0 Å². The molecule has 7 heterocycles. The first-order chi connectivity index (χ1) is 27.5. The van der Waals surface area contributed by atoms with Crippen LogP contribution < -0.4 is 26.1 Å². The number of imidazole rings is 1. The molecule has 3 aliphatic heterocycles. The van der Waals surface area contributed by atoms with Crippen LogP contribution in [-0.4, -0.2) is 91.5 Å². The van der Waals surface area contributed by atoms with Gasteiger partial charge in [-0.3, -0.25) is 28.8 Å². The predicted molar refractivity (Wildman–Crippen MR) is 214 cm³/mol. The number of hydrogen-bond acceptors (Lipinski definition) is 10. The first-order valence-electron chi connectivity index (χ1n) is 20.1. The molecular formula is C41H48FN11O4. The number of nitrogens with zero attached hydrogens (tertiary/aromatic N) is 9. The lowest BCUT2D eigenvalue weighted by Gasteiger charge is -2.48. The molecule has 9 rings (SSSR count). The average Bonchev–Trinajstić information content (AvgIpc) is 3.93. The lowest BCUT2D eigenvalue weighted by atomic mass is 9.71. The van der Waals surface area contributed by atoms with Crippen molar-refractivity contribution in [1.82, 2.24) is 38.9 Å². The smallest absolute Gasteiger partial charge is 0.329 e. The molecule has 4 aromatic heterocycles. The first kappa shape index (κ1) is 36.8. The highest BCUT2D eigenvalue weighted by atomic mass is 19.1. The molecule has 0 radical (unpaired) electrons. The van der Waals surface area contributed by atoms with Crippen molar-refractivity contribution in [3.8, 4) is 0 Å². The third-order valence-electron chi connectivity index (χ3n) is 12.9. The largest absolute Gasteiger partial charge is 0.370 e. The monoisotopic (exact) mass is 777 g/mol. The number of anilines is 4. The van der Waals surface area contributed by atoms with Crippen LogP contribution in [0.3, 0.4) is 0 Å². The zero-order chi connectivity index (χ0) is 39.6. The zero-order valence-electron chi connectivity index (χ0n) is 32.6. The maximum Gasteiger partial charge on any atom is 0.329 e. The number of imide groups is 1. The van der Waals surface area contributed by atoms with E-state index in [4.69, 9.17) is 9.97 Å². The van der Waals surface area contributed by atoms with Gasteiger partial charge in [-0.1, -0.05) is 12.8 Å². The van der Waals surface area contributed by atoms with Crippen LogP contribution in [-0.2, 0) is 16.6 Å². The Morgan fingerprint density at radius 1 is 0.895 bits per heavy atom. The summed E-state index contributed by atoms with van der Waals surface area (Å²) in [6.45, 7) is 3.36. The van der Waals surface area contributed by atoms with E-state index >= 15 is 4.39 Å². The lowest BCUT2D eigenvalue weighted by molar-refractivity contribution is -0.135. The zero-order valence-corrected chi connectivity index (χ0v) is 32.6. The minimum atomic E-state index is -0.944. The molecule has 4 fully saturated rings. The molecule has 0 bridgehead atoms. The van der Waals surface area contributed by atoms with Crippen molar-refractivity contribution < 1.29 is 18.8 Å². The second kappa shape index (κ2) is 14.3. The van der Waals surface area contributed by atoms with Gasteiger partial charge in [0, 0.05) is 71.4 Å². The van der Waals surface area contributed by atoms with Crippen LogP contribution in [0.25, 0.3) is 22.1 Å². The number of carbonyl (C=O) groups excluding carboxylic acids is 3. The highest BCUT2D eigenvalue weighted by molar-refractivity contribution is 6.01. The predicted octanol–water partition coefficient (Wildman–Crippen LogP) is 5.04. The third-order valence-corrected chi connectivity index (χ3v) is 12.9. The van der Waals surface area contributed by atoms with Gasteiger partial charge in [0.25, 0.3) is 5.91 Å². The average molecular weight is 778 g/mol. The van der Waals surface area contributed by atoms with Crippen LogP contribution in [0.5, 0.6) is 0 Å². The van der Waals surface area contributed by atoms with E-state index in [2.05, 4.69) is 36.1 Å². The van der Waals surface area contributed by atoms with Crippen molar-refractivity contribution in [2.24, 2.45) is 12.5 Å². The van der Waals surface area contributed by atoms with Gasteiger partial charge in [0.2, 0.25) is 17.8 Å².